The lowest BCUT2D eigenvalue weighted by atomic mass is 10.0. The maximum atomic E-state index is 5.18. The molecule has 8 rings (SSSR count). The van der Waals surface area contributed by atoms with Crippen LogP contribution in [-0.4, -0.2) is 16.4 Å². The van der Waals surface area contributed by atoms with E-state index in [0.29, 0.717) is 0 Å². The predicted octanol–water partition coefficient (Wildman–Crippen LogP) is 7.26. The minimum Gasteiger partial charge on any atom is -0.358 e. The first-order chi connectivity index (χ1) is 20.3. The largest absolute Gasteiger partial charge is 0.358 e. The Bertz CT molecular complexity index is 1980. The molecule has 0 aliphatic carbocycles. The van der Waals surface area contributed by atoms with E-state index in [-0.39, 0.29) is 18.4 Å². The molecule has 5 nitrogen and oxygen atoms in total. The van der Waals surface area contributed by atoms with Gasteiger partial charge in [-0.05, 0) is 40.1 Å². The molecule has 3 heterocycles. The Hall–Kier alpha value is -5.13. The molecule has 0 radical (unpaired) electrons. The smallest absolute Gasteiger partial charge is 0.129 e. The molecule has 5 heteroatoms. The van der Waals surface area contributed by atoms with Crippen LogP contribution in [0.5, 0.6) is 0 Å². The number of hydrogen-bond donors (Lipinski definition) is 3. The quantitative estimate of drug-likeness (QED) is 0.224. The molecule has 0 amide bonds. The molecule has 2 aliphatic rings. The first-order valence-corrected chi connectivity index (χ1v) is 14.1. The highest BCUT2D eigenvalue weighted by atomic mass is 15.3. The third-order valence-electron chi connectivity index (χ3n) is 8.09. The summed E-state index contributed by atoms with van der Waals surface area (Å²) in [6.45, 7) is 0. The zero-order valence-electron chi connectivity index (χ0n) is 22.4. The second kappa shape index (κ2) is 9.81. The summed E-state index contributed by atoms with van der Waals surface area (Å²) in [5.41, 5.74) is 4.67. The molecule has 0 saturated heterocycles. The Kier molecular flexibility index (Phi) is 5.68. The van der Waals surface area contributed by atoms with Crippen molar-refractivity contribution < 1.29 is 0 Å². The first-order valence-electron chi connectivity index (χ1n) is 14.1. The van der Waals surface area contributed by atoms with E-state index in [1.807, 2.05) is 12.1 Å². The topological polar surface area (TPSA) is 53.4 Å². The molecule has 6 aromatic rings. The molecule has 3 unspecified atom stereocenters. The number of para-hydroxylation sites is 1. The number of benzene rings is 5. The van der Waals surface area contributed by atoms with Crippen LogP contribution in [0.1, 0.15) is 23.5 Å². The van der Waals surface area contributed by atoms with E-state index < -0.39 is 0 Å². The molecular formula is C36H29N5. The van der Waals surface area contributed by atoms with Gasteiger partial charge in [0, 0.05) is 10.8 Å². The Labute approximate surface area is 238 Å². The van der Waals surface area contributed by atoms with Crippen LogP contribution < -0.4 is 16.0 Å². The summed E-state index contributed by atoms with van der Waals surface area (Å²) < 4.78 is 2.35. The van der Waals surface area contributed by atoms with Crippen molar-refractivity contribution in [1.29, 1.82) is 0 Å². The second-order valence-electron chi connectivity index (χ2n) is 10.6. The fourth-order valence-corrected chi connectivity index (χ4v) is 6.17. The molecule has 5 aromatic carbocycles. The summed E-state index contributed by atoms with van der Waals surface area (Å²) in [4.78, 5) is 5.18. The molecule has 41 heavy (non-hydrogen) atoms. The van der Waals surface area contributed by atoms with Crippen molar-refractivity contribution in [2.24, 2.45) is 4.99 Å². The number of hydrogen-bond acceptors (Lipinski definition) is 4. The highest BCUT2D eigenvalue weighted by molar-refractivity contribution is 6.21. The summed E-state index contributed by atoms with van der Waals surface area (Å²) in [5.74, 6) is 1.93. The van der Waals surface area contributed by atoms with Crippen LogP contribution in [-0.2, 0) is 0 Å². The Morgan fingerprint density at radius 1 is 0.610 bits per heavy atom. The summed E-state index contributed by atoms with van der Waals surface area (Å²) in [7, 11) is 0. The van der Waals surface area contributed by atoms with Crippen molar-refractivity contribution in [1.82, 2.24) is 20.5 Å². The van der Waals surface area contributed by atoms with E-state index in [9.17, 15) is 0 Å². The van der Waals surface area contributed by atoms with E-state index in [1.54, 1.807) is 0 Å². The van der Waals surface area contributed by atoms with Gasteiger partial charge < -0.3 is 10.6 Å². The van der Waals surface area contributed by atoms with Gasteiger partial charge in [-0.15, -0.1) is 0 Å². The summed E-state index contributed by atoms with van der Waals surface area (Å²) in [6.07, 6.45) is 6.23. The van der Waals surface area contributed by atoms with Crippen LogP contribution >= 0.6 is 0 Å². The lowest BCUT2D eigenvalue weighted by molar-refractivity contribution is 0.402. The number of fused-ring (bicyclic) bond motifs is 5. The van der Waals surface area contributed by atoms with E-state index >= 15 is 0 Å². The van der Waals surface area contributed by atoms with Gasteiger partial charge in [0.15, 0.2) is 0 Å². The lowest BCUT2D eigenvalue weighted by Gasteiger charge is -2.35. The van der Waals surface area contributed by atoms with Crippen LogP contribution in [0.2, 0.25) is 0 Å². The molecule has 3 atom stereocenters. The van der Waals surface area contributed by atoms with Crippen molar-refractivity contribution in [3.8, 4) is 0 Å². The summed E-state index contributed by atoms with van der Waals surface area (Å²) in [5, 5.41) is 16.2. The molecule has 0 spiro atoms. The third-order valence-corrected chi connectivity index (χ3v) is 8.09. The number of nitrogens with one attached hydrogen (secondary N) is 3. The number of aromatic nitrogens is 1. The summed E-state index contributed by atoms with van der Waals surface area (Å²) in [6, 6.07) is 42.6. The lowest BCUT2D eigenvalue weighted by Crippen LogP contribution is -2.52. The minimum atomic E-state index is -0.165. The number of nitrogens with zero attached hydrogens (tertiary/aromatic N) is 2. The molecule has 0 fully saturated rings. The maximum Gasteiger partial charge on any atom is 0.129 e. The molecule has 0 bridgehead atoms. The molecule has 3 N–H and O–H groups in total. The molecule has 1 aromatic heterocycles. The highest BCUT2D eigenvalue weighted by Crippen LogP contribution is 2.36. The van der Waals surface area contributed by atoms with Gasteiger partial charge in [-0.2, -0.15) is 0 Å². The van der Waals surface area contributed by atoms with Gasteiger partial charge in [-0.25, -0.2) is 4.99 Å². The Morgan fingerprint density at radius 2 is 1.32 bits per heavy atom. The first kappa shape index (κ1) is 23.7. The van der Waals surface area contributed by atoms with Crippen molar-refractivity contribution >= 4 is 44.2 Å². The van der Waals surface area contributed by atoms with Crippen LogP contribution in [0.15, 0.2) is 145 Å². The normalized spacial score (nSPS) is 20.4. The van der Waals surface area contributed by atoms with Gasteiger partial charge in [0.05, 0.1) is 11.0 Å². The third kappa shape index (κ3) is 4.10. The number of amidine groups is 1. The van der Waals surface area contributed by atoms with Crippen molar-refractivity contribution in [2.75, 3.05) is 0 Å². The van der Waals surface area contributed by atoms with Gasteiger partial charge in [0.1, 0.15) is 30.0 Å². The average molecular weight is 532 g/mol. The van der Waals surface area contributed by atoms with E-state index in [1.165, 1.54) is 38.1 Å². The zero-order chi connectivity index (χ0) is 27.2. The zero-order valence-corrected chi connectivity index (χ0v) is 22.4. The maximum absolute atomic E-state index is 5.18. The van der Waals surface area contributed by atoms with Crippen LogP contribution in [0.3, 0.4) is 0 Å². The highest BCUT2D eigenvalue weighted by Gasteiger charge is 2.29. The average Bonchev–Trinajstić information content (AvgIpc) is 3.40. The van der Waals surface area contributed by atoms with Gasteiger partial charge in [-0.1, -0.05) is 121 Å². The van der Waals surface area contributed by atoms with E-state index in [2.05, 4.69) is 148 Å². The van der Waals surface area contributed by atoms with Gasteiger partial charge in [-0.3, -0.25) is 9.88 Å². The van der Waals surface area contributed by atoms with Crippen LogP contribution in [0.25, 0.3) is 38.4 Å². The van der Waals surface area contributed by atoms with Gasteiger partial charge >= 0.3 is 0 Å². The number of dihydropyridines is 1. The minimum absolute atomic E-state index is 0.0712. The number of rotatable bonds is 4. The molecule has 2 aliphatic heterocycles. The van der Waals surface area contributed by atoms with Gasteiger partial charge in [0.2, 0.25) is 0 Å². The predicted molar refractivity (Wildman–Crippen MR) is 169 cm³/mol. The number of allylic oxidation sites excluding steroid dienone is 2. The second-order valence-corrected chi connectivity index (χ2v) is 10.6. The van der Waals surface area contributed by atoms with Crippen LogP contribution in [0.4, 0.5) is 0 Å². The number of aliphatic imine (C=N–C) groups is 1. The Balaban J connectivity index is 1.21. The molecule has 198 valence electrons. The van der Waals surface area contributed by atoms with Crippen molar-refractivity contribution in [3.05, 3.63) is 151 Å². The van der Waals surface area contributed by atoms with Crippen molar-refractivity contribution in [3.63, 3.8) is 0 Å². The standard InChI is InChI=1S/C36H29N5/c1-3-13-25(14-4-1)34-38-35(26-15-5-2-6-16-26)40-36(39-34)29-19-11-21-32(37-29)41-30-20-10-9-18-28(30)33-27-17-8-7-12-24(27)22-23-31(33)41/h1-23,29,34-35,37-38H,(H,39,40). The van der Waals surface area contributed by atoms with Gasteiger partial charge in [0.25, 0.3) is 0 Å². The van der Waals surface area contributed by atoms with E-state index in [4.69, 9.17) is 4.99 Å². The van der Waals surface area contributed by atoms with E-state index in [0.717, 1.165) is 17.2 Å². The van der Waals surface area contributed by atoms with Crippen LogP contribution in [0, 0.1) is 0 Å². The summed E-state index contributed by atoms with van der Waals surface area (Å²) >= 11 is 0. The fourth-order valence-electron chi connectivity index (χ4n) is 6.17. The molecular weight excluding hydrogens is 502 g/mol. The molecule has 0 saturated carbocycles. The van der Waals surface area contributed by atoms with Crippen molar-refractivity contribution in [2.45, 2.75) is 18.4 Å². The Morgan fingerprint density at radius 3 is 2.15 bits per heavy atom. The SMILES string of the molecule is C1=CC(C2=NC(c3ccccc3)NC(c3ccccc3)N2)NC(n2c3ccccc3c3c4ccccc4ccc32)=C1. The fraction of sp³-hybridized carbons (Fsp3) is 0.0833. The monoisotopic (exact) mass is 531 g/mol.